The fraction of sp³-hybridized carbons (Fsp3) is 0.571. The molecule has 2 unspecified atom stereocenters. The van der Waals surface area contributed by atoms with Gasteiger partial charge in [0.2, 0.25) is 10.0 Å². The topological polar surface area (TPSA) is 66.4 Å². The molecule has 1 aromatic rings. The zero-order chi connectivity index (χ0) is 14.8. The first kappa shape index (κ1) is 15.8. The molecule has 2 N–H and O–H groups in total. The van der Waals surface area contributed by atoms with E-state index in [0.29, 0.717) is 23.9 Å². The van der Waals surface area contributed by atoms with E-state index in [-0.39, 0.29) is 16.5 Å². The largest absolute Gasteiger partial charge is 0.392 e. The minimum absolute atomic E-state index is 0.0387. The third-order valence-corrected chi connectivity index (χ3v) is 5.74. The van der Waals surface area contributed by atoms with Crippen molar-refractivity contribution in [2.45, 2.75) is 37.7 Å². The number of aliphatic hydroxyl groups is 1. The molecule has 1 saturated carbocycles. The summed E-state index contributed by atoms with van der Waals surface area (Å²) in [5, 5.41) is 9.27. The van der Waals surface area contributed by atoms with Crippen LogP contribution in [0.3, 0.4) is 0 Å². The summed E-state index contributed by atoms with van der Waals surface area (Å²) in [6, 6.07) is 4.53. The summed E-state index contributed by atoms with van der Waals surface area (Å²) in [5.41, 5.74) is 0.532. The van der Waals surface area contributed by atoms with Crippen LogP contribution in [-0.2, 0) is 16.6 Å². The highest BCUT2D eigenvalue weighted by atomic mass is 35.5. The Kier molecular flexibility index (Phi) is 5.07. The molecule has 1 aliphatic rings. The van der Waals surface area contributed by atoms with E-state index >= 15 is 0 Å². The number of hydrogen-bond acceptors (Lipinski definition) is 3. The van der Waals surface area contributed by atoms with Gasteiger partial charge in [0.25, 0.3) is 0 Å². The predicted molar refractivity (Wildman–Crippen MR) is 79.1 cm³/mol. The number of rotatable bonds is 5. The Balaban J connectivity index is 2.10. The van der Waals surface area contributed by atoms with Crippen molar-refractivity contribution in [3.8, 4) is 0 Å². The lowest BCUT2D eigenvalue weighted by Crippen LogP contribution is -2.29. The standard InChI is InChI=1S/C14H20ClNO3S/c1-10-2-3-11(6-10)8-16-20(18,19)14-7-12(9-17)4-5-13(14)15/h4-5,7,10-11,16-17H,2-3,6,8-9H2,1H3. The van der Waals surface area contributed by atoms with Gasteiger partial charge in [-0.05, 0) is 42.4 Å². The Morgan fingerprint density at radius 1 is 1.40 bits per heavy atom. The van der Waals surface area contributed by atoms with Crippen molar-refractivity contribution in [1.82, 2.24) is 4.72 Å². The summed E-state index contributed by atoms with van der Waals surface area (Å²) in [5.74, 6) is 1.07. The lowest BCUT2D eigenvalue weighted by atomic mass is 10.1. The second kappa shape index (κ2) is 6.43. The Morgan fingerprint density at radius 3 is 2.75 bits per heavy atom. The molecule has 0 aromatic heterocycles. The molecule has 20 heavy (non-hydrogen) atoms. The van der Waals surface area contributed by atoms with E-state index in [2.05, 4.69) is 11.6 Å². The van der Waals surface area contributed by atoms with Crippen LogP contribution in [0, 0.1) is 11.8 Å². The summed E-state index contributed by atoms with van der Waals surface area (Å²) in [4.78, 5) is 0.0387. The van der Waals surface area contributed by atoms with Gasteiger partial charge in [-0.1, -0.05) is 31.0 Å². The van der Waals surface area contributed by atoms with Crippen LogP contribution in [-0.4, -0.2) is 20.1 Å². The fourth-order valence-electron chi connectivity index (χ4n) is 2.67. The molecular weight excluding hydrogens is 298 g/mol. The van der Waals surface area contributed by atoms with Crippen molar-refractivity contribution in [3.63, 3.8) is 0 Å². The summed E-state index contributed by atoms with van der Waals surface area (Å²) >= 11 is 5.96. The summed E-state index contributed by atoms with van der Waals surface area (Å²) < 4.78 is 27.2. The quantitative estimate of drug-likeness (QED) is 0.877. The summed E-state index contributed by atoms with van der Waals surface area (Å²) in [7, 11) is -3.62. The Morgan fingerprint density at radius 2 is 2.15 bits per heavy atom. The lowest BCUT2D eigenvalue weighted by Gasteiger charge is -2.13. The third kappa shape index (κ3) is 3.73. The number of hydrogen-bond donors (Lipinski definition) is 2. The Bertz CT molecular complexity index is 574. The molecule has 0 aliphatic heterocycles. The average molecular weight is 318 g/mol. The lowest BCUT2D eigenvalue weighted by molar-refractivity contribution is 0.281. The van der Waals surface area contributed by atoms with Gasteiger partial charge in [0, 0.05) is 6.54 Å². The van der Waals surface area contributed by atoms with Crippen LogP contribution in [0.2, 0.25) is 5.02 Å². The number of halogens is 1. The zero-order valence-electron chi connectivity index (χ0n) is 11.5. The maximum atomic E-state index is 12.3. The fourth-order valence-corrected chi connectivity index (χ4v) is 4.33. The molecule has 2 rings (SSSR count). The van der Waals surface area contributed by atoms with Crippen molar-refractivity contribution in [3.05, 3.63) is 28.8 Å². The van der Waals surface area contributed by atoms with Crippen LogP contribution in [0.25, 0.3) is 0 Å². The van der Waals surface area contributed by atoms with E-state index in [1.54, 1.807) is 6.07 Å². The molecule has 0 saturated heterocycles. The smallest absolute Gasteiger partial charge is 0.242 e. The zero-order valence-corrected chi connectivity index (χ0v) is 13.0. The average Bonchev–Trinajstić information content (AvgIpc) is 2.83. The van der Waals surface area contributed by atoms with E-state index < -0.39 is 10.0 Å². The number of nitrogens with one attached hydrogen (secondary N) is 1. The summed E-state index contributed by atoms with van der Waals surface area (Å²) in [6.07, 6.45) is 3.29. The number of aliphatic hydroxyl groups excluding tert-OH is 1. The molecule has 1 fully saturated rings. The van der Waals surface area contributed by atoms with Gasteiger partial charge < -0.3 is 5.11 Å². The molecule has 6 heteroatoms. The van der Waals surface area contributed by atoms with Crippen LogP contribution in [0.5, 0.6) is 0 Å². The van der Waals surface area contributed by atoms with E-state index in [0.717, 1.165) is 19.3 Å². The minimum Gasteiger partial charge on any atom is -0.392 e. The molecule has 1 aromatic carbocycles. The normalized spacial score (nSPS) is 23.1. The van der Waals surface area contributed by atoms with E-state index in [4.69, 9.17) is 16.7 Å². The monoisotopic (exact) mass is 317 g/mol. The highest BCUT2D eigenvalue weighted by molar-refractivity contribution is 7.89. The first-order chi connectivity index (χ1) is 9.42. The second-order valence-corrected chi connectivity index (χ2v) is 7.70. The predicted octanol–water partition coefficient (Wildman–Crippen LogP) is 2.55. The van der Waals surface area contributed by atoms with Crippen LogP contribution < -0.4 is 4.72 Å². The number of sulfonamides is 1. The van der Waals surface area contributed by atoms with E-state index in [1.165, 1.54) is 12.1 Å². The van der Waals surface area contributed by atoms with Gasteiger partial charge >= 0.3 is 0 Å². The van der Waals surface area contributed by atoms with Crippen LogP contribution in [0.15, 0.2) is 23.1 Å². The molecular formula is C14H20ClNO3S. The first-order valence-electron chi connectivity index (χ1n) is 6.81. The Labute approximate surface area is 125 Å². The maximum absolute atomic E-state index is 12.3. The van der Waals surface area contributed by atoms with Gasteiger partial charge in [0.1, 0.15) is 4.90 Å². The van der Waals surface area contributed by atoms with Gasteiger partial charge in [0.05, 0.1) is 11.6 Å². The van der Waals surface area contributed by atoms with E-state index in [9.17, 15) is 8.42 Å². The molecule has 4 nitrogen and oxygen atoms in total. The SMILES string of the molecule is CC1CCC(CNS(=O)(=O)c2cc(CO)ccc2Cl)C1. The van der Waals surface area contributed by atoms with Crippen LogP contribution in [0.1, 0.15) is 31.7 Å². The molecule has 0 radical (unpaired) electrons. The molecule has 0 bridgehead atoms. The maximum Gasteiger partial charge on any atom is 0.242 e. The van der Waals surface area contributed by atoms with Crippen molar-refractivity contribution in [2.75, 3.05) is 6.54 Å². The molecule has 0 amide bonds. The van der Waals surface area contributed by atoms with Crippen LogP contribution in [0.4, 0.5) is 0 Å². The van der Waals surface area contributed by atoms with Crippen molar-refractivity contribution in [2.24, 2.45) is 11.8 Å². The second-order valence-electron chi connectivity index (χ2n) is 5.56. The highest BCUT2D eigenvalue weighted by Crippen LogP contribution is 2.30. The van der Waals surface area contributed by atoms with E-state index in [1.807, 2.05) is 0 Å². The molecule has 0 spiro atoms. The molecule has 0 heterocycles. The van der Waals surface area contributed by atoms with Gasteiger partial charge in [-0.15, -0.1) is 0 Å². The van der Waals surface area contributed by atoms with Crippen molar-refractivity contribution in [1.29, 1.82) is 0 Å². The van der Waals surface area contributed by atoms with Gasteiger partial charge in [0.15, 0.2) is 0 Å². The molecule has 1 aliphatic carbocycles. The summed E-state index contributed by atoms with van der Waals surface area (Å²) in [6.45, 7) is 2.43. The first-order valence-corrected chi connectivity index (χ1v) is 8.67. The molecule has 112 valence electrons. The number of benzene rings is 1. The third-order valence-electron chi connectivity index (χ3n) is 3.83. The van der Waals surface area contributed by atoms with Gasteiger partial charge in [-0.25, -0.2) is 13.1 Å². The Hall–Kier alpha value is -0.620. The van der Waals surface area contributed by atoms with Crippen LogP contribution >= 0.6 is 11.6 Å². The van der Waals surface area contributed by atoms with Crippen molar-refractivity contribution >= 4 is 21.6 Å². The minimum atomic E-state index is -3.62. The van der Waals surface area contributed by atoms with Gasteiger partial charge in [-0.2, -0.15) is 0 Å². The van der Waals surface area contributed by atoms with Gasteiger partial charge in [-0.3, -0.25) is 0 Å². The highest BCUT2D eigenvalue weighted by Gasteiger charge is 2.24. The molecule has 2 atom stereocenters. The van der Waals surface area contributed by atoms with Crippen molar-refractivity contribution < 1.29 is 13.5 Å².